The second-order valence-electron chi connectivity index (χ2n) is 5.99. The number of anilines is 1. The summed E-state index contributed by atoms with van der Waals surface area (Å²) < 4.78 is 11.2. The summed E-state index contributed by atoms with van der Waals surface area (Å²) in [5, 5.41) is 2.91. The number of carbonyl (C=O) groups is 2. The number of thiocarbonyl (C=S) groups is 1. The lowest BCUT2D eigenvalue weighted by Crippen LogP contribution is -2.54. The molecule has 1 saturated heterocycles. The number of hydrogen-bond donors (Lipinski definition) is 1. The minimum atomic E-state index is -0.574. The number of ether oxygens (including phenoxy) is 2. The van der Waals surface area contributed by atoms with E-state index in [2.05, 4.69) is 5.32 Å². The summed E-state index contributed by atoms with van der Waals surface area (Å²) in [5.74, 6) is -0.236. The summed E-state index contributed by atoms with van der Waals surface area (Å²) in [7, 11) is 0. The van der Waals surface area contributed by atoms with Gasteiger partial charge in [0.25, 0.3) is 11.8 Å². The Kier molecular flexibility index (Phi) is 6.51. The van der Waals surface area contributed by atoms with E-state index in [1.165, 1.54) is 11.0 Å². The normalized spacial score (nSPS) is 15.5. The van der Waals surface area contributed by atoms with E-state index >= 15 is 0 Å². The molecule has 6 nitrogen and oxygen atoms in total. The van der Waals surface area contributed by atoms with Gasteiger partial charge in [-0.3, -0.25) is 19.8 Å². The molecule has 2 amide bonds. The van der Waals surface area contributed by atoms with E-state index < -0.39 is 11.8 Å². The summed E-state index contributed by atoms with van der Waals surface area (Å²) in [4.78, 5) is 26.8. The first-order valence-corrected chi connectivity index (χ1v) is 9.80. The van der Waals surface area contributed by atoms with E-state index in [1.807, 2.05) is 19.9 Å². The van der Waals surface area contributed by atoms with Crippen LogP contribution in [0, 0.1) is 0 Å². The molecule has 2 aromatic rings. The second kappa shape index (κ2) is 9.07. The number of rotatable bonds is 6. The van der Waals surface area contributed by atoms with Crippen molar-refractivity contribution in [1.82, 2.24) is 5.32 Å². The highest BCUT2D eigenvalue weighted by Gasteiger charge is 2.34. The van der Waals surface area contributed by atoms with E-state index in [-0.39, 0.29) is 10.7 Å². The SMILES string of the molecule is CCOc1cc(/C=C2/C(=O)NC(=S)N(c3ccccc3)C2=O)cc(Cl)c1OCC. The summed E-state index contributed by atoms with van der Waals surface area (Å²) in [6.45, 7) is 4.51. The van der Waals surface area contributed by atoms with Crippen LogP contribution in [0.3, 0.4) is 0 Å². The Hall–Kier alpha value is -2.90. The Balaban J connectivity index is 2.03. The topological polar surface area (TPSA) is 67.9 Å². The lowest BCUT2D eigenvalue weighted by atomic mass is 10.1. The van der Waals surface area contributed by atoms with Gasteiger partial charge >= 0.3 is 0 Å². The van der Waals surface area contributed by atoms with Gasteiger partial charge in [0.15, 0.2) is 16.6 Å². The fourth-order valence-electron chi connectivity index (χ4n) is 2.85. The molecule has 0 spiro atoms. The van der Waals surface area contributed by atoms with Gasteiger partial charge in [0.1, 0.15) is 5.57 Å². The number of nitrogens with one attached hydrogen (secondary N) is 1. The van der Waals surface area contributed by atoms with E-state index in [4.69, 9.17) is 33.3 Å². The van der Waals surface area contributed by atoms with Crippen molar-refractivity contribution in [2.75, 3.05) is 18.1 Å². The summed E-state index contributed by atoms with van der Waals surface area (Å²) >= 11 is 11.5. The van der Waals surface area contributed by atoms with Crippen molar-refractivity contribution >= 4 is 52.5 Å². The van der Waals surface area contributed by atoms with E-state index in [9.17, 15) is 9.59 Å². The summed E-state index contributed by atoms with van der Waals surface area (Å²) in [6, 6.07) is 12.2. The number of hydrogen-bond acceptors (Lipinski definition) is 5. The monoisotopic (exact) mass is 430 g/mol. The zero-order chi connectivity index (χ0) is 21.0. The fraction of sp³-hybridized carbons (Fsp3) is 0.190. The molecule has 150 valence electrons. The van der Waals surface area contributed by atoms with Gasteiger partial charge in [-0.15, -0.1) is 0 Å². The van der Waals surface area contributed by atoms with Crippen LogP contribution < -0.4 is 19.7 Å². The van der Waals surface area contributed by atoms with Gasteiger partial charge in [0.05, 0.1) is 23.9 Å². The summed E-state index contributed by atoms with van der Waals surface area (Å²) in [5.41, 5.74) is 1.03. The maximum atomic E-state index is 13.0. The minimum absolute atomic E-state index is 0.0306. The maximum Gasteiger partial charge on any atom is 0.270 e. The molecule has 0 bridgehead atoms. The van der Waals surface area contributed by atoms with Crippen molar-refractivity contribution in [1.29, 1.82) is 0 Å². The predicted molar refractivity (Wildman–Crippen MR) is 116 cm³/mol. The lowest BCUT2D eigenvalue weighted by Gasteiger charge is -2.28. The lowest BCUT2D eigenvalue weighted by molar-refractivity contribution is -0.122. The number of halogens is 1. The zero-order valence-electron chi connectivity index (χ0n) is 15.9. The van der Waals surface area contributed by atoms with Gasteiger partial charge in [-0.05, 0) is 62.0 Å². The largest absolute Gasteiger partial charge is 0.490 e. The number of carbonyl (C=O) groups excluding carboxylic acids is 2. The van der Waals surface area contributed by atoms with Gasteiger partial charge in [0, 0.05) is 0 Å². The molecule has 3 rings (SSSR count). The zero-order valence-corrected chi connectivity index (χ0v) is 17.5. The van der Waals surface area contributed by atoms with Crippen molar-refractivity contribution < 1.29 is 19.1 Å². The van der Waals surface area contributed by atoms with E-state index in [1.54, 1.807) is 36.4 Å². The van der Waals surface area contributed by atoms with Gasteiger partial charge in [0.2, 0.25) is 0 Å². The molecule has 1 heterocycles. The Morgan fingerprint density at radius 2 is 1.79 bits per heavy atom. The highest BCUT2D eigenvalue weighted by molar-refractivity contribution is 7.80. The maximum absolute atomic E-state index is 13.0. The van der Waals surface area contributed by atoms with Crippen LogP contribution in [-0.4, -0.2) is 30.1 Å². The van der Waals surface area contributed by atoms with E-state index in [0.29, 0.717) is 41.0 Å². The molecule has 0 atom stereocenters. The molecular weight excluding hydrogens is 412 g/mol. The average Bonchev–Trinajstić information content (AvgIpc) is 2.69. The number of nitrogens with zero attached hydrogens (tertiary/aromatic N) is 1. The Morgan fingerprint density at radius 3 is 2.45 bits per heavy atom. The van der Waals surface area contributed by atoms with Crippen LogP contribution in [-0.2, 0) is 9.59 Å². The first-order valence-electron chi connectivity index (χ1n) is 9.01. The third-order valence-corrected chi connectivity index (χ3v) is 4.61. The first kappa shape index (κ1) is 20.8. The number of amides is 2. The molecule has 0 aromatic heterocycles. The minimum Gasteiger partial charge on any atom is -0.490 e. The first-order chi connectivity index (χ1) is 14.0. The molecule has 0 saturated carbocycles. The Bertz CT molecular complexity index is 992. The molecule has 0 radical (unpaired) electrons. The number of para-hydroxylation sites is 1. The van der Waals surface area contributed by atoms with Crippen molar-refractivity contribution in [3.63, 3.8) is 0 Å². The third-order valence-electron chi connectivity index (χ3n) is 4.05. The molecule has 2 aromatic carbocycles. The van der Waals surface area contributed by atoms with Crippen LogP contribution in [0.4, 0.5) is 5.69 Å². The smallest absolute Gasteiger partial charge is 0.270 e. The van der Waals surface area contributed by atoms with Crippen LogP contribution in [0.15, 0.2) is 48.0 Å². The van der Waals surface area contributed by atoms with Crippen LogP contribution in [0.5, 0.6) is 11.5 Å². The molecule has 8 heteroatoms. The van der Waals surface area contributed by atoms with Crippen molar-refractivity contribution in [3.8, 4) is 11.5 Å². The van der Waals surface area contributed by atoms with E-state index in [0.717, 1.165) is 0 Å². The van der Waals surface area contributed by atoms with Crippen LogP contribution in [0.2, 0.25) is 5.02 Å². The van der Waals surface area contributed by atoms with Crippen LogP contribution >= 0.6 is 23.8 Å². The van der Waals surface area contributed by atoms with Crippen molar-refractivity contribution in [2.24, 2.45) is 0 Å². The van der Waals surface area contributed by atoms with Gasteiger partial charge in [-0.1, -0.05) is 29.8 Å². The van der Waals surface area contributed by atoms with Gasteiger partial charge < -0.3 is 9.47 Å². The Labute approximate surface area is 179 Å². The van der Waals surface area contributed by atoms with Crippen LogP contribution in [0.25, 0.3) is 6.08 Å². The molecule has 1 fully saturated rings. The molecular formula is C21H19ClN2O4S. The molecule has 29 heavy (non-hydrogen) atoms. The molecule has 0 unspecified atom stereocenters. The fourth-order valence-corrected chi connectivity index (χ4v) is 3.41. The molecule has 0 aliphatic carbocycles. The molecule has 1 aliphatic heterocycles. The second-order valence-corrected chi connectivity index (χ2v) is 6.78. The molecule has 1 aliphatic rings. The standard InChI is InChI=1S/C21H19ClN2O4S/c1-3-27-17-12-13(11-16(22)18(17)28-4-2)10-15-19(25)23-21(29)24(20(15)26)14-8-6-5-7-9-14/h5-12H,3-4H2,1-2H3,(H,23,25,29)/b15-10-. The Morgan fingerprint density at radius 1 is 1.10 bits per heavy atom. The highest BCUT2D eigenvalue weighted by Crippen LogP contribution is 2.37. The quantitative estimate of drug-likeness (QED) is 0.426. The predicted octanol–water partition coefficient (Wildman–Crippen LogP) is 3.97. The number of benzene rings is 2. The van der Waals surface area contributed by atoms with Crippen molar-refractivity contribution in [2.45, 2.75) is 13.8 Å². The van der Waals surface area contributed by atoms with Crippen molar-refractivity contribution in [3.05, 3.63) is 58.6 Å². The van der Waals surface area contributed by atoms with Gasteiger partial charge in [-0.25, -0.2) is 0 Å². The molecule has 1 N–H and O–H groups in total. The van der Waals surface area contributed by atoms with Crippen LogP contribution in [0.1, 0.15) is 19.4 Å². The average molecular weight is 431 g/mol. The highest BCUT2D eigenvalue weighted by atomic mass is 35.5. The third kappa shape index (κ3) is 4.41. The summed E-state index contributed by atoms with van der Waals surface area (Å²) in [6.07, 6.45) is 1.46. The van der Waals surface area contributed by atoms with Gasteiger partial charge in [-0.2, -0.15) is 0 Å².